The zero-order chi connectivity index (χ0) is 19.8. The number of benzene rings is 1. The van der Waals surface area contributed by atoms with Crippen LogP contribution >= 0.6 is 11.6 Å². The summed E-state index contributed by atoms with van der Waals surface area (Å²) in [6.07, 6.45) is -0.989. The molecule has 0 radical (unpaired) electrons. The van der Waals surface area contributed by atoms with Crippen LogP contribution in [0.25, 0.3) is 0 Å². The molecular formula is C17H19ClN2O6S. The number of hydrogen-bond donors (Lipinski definition) is 1. The Hall–Kier alpha value is -1.94. The Morgan fingerprint density at radius 1 is 1.37 bits per heavy atom. The lowest BCUT2D eigenvalue weighted by Crippen LogP contribution is -2.41. The summed E-state index contributed by atoms with van der Waals surface area (Å²) in [7, 11) is -3.99. The Kier molecular flexibility index (Phi) is 5.57. The molecule has 2 aromatic rings. The molecule has 10 heteroatoms. The minimum absolute atomic E-state index is 0.00970. The maximum atomic E-state index is 12.9. The van der Waals surface area contributed by atoms with Crippen LogP contribution in [0.4, 0.5) is 0 Å². The van der Waals surface area contributed by atoms with Gasteiger partial charge in [-0.2, -0.15) is 4.31 Å². The van der Waals surface area contributed by atoms with Crippen LogP contribution in [-0.4, -0.2) is 47.6 Å². The molecule has 8 nitrogen and oxygen atoms in total. The van der Waals surface area contributed by atoms with Gasteiger partial charge in [0.05, 0.1) is 22.3 Å². The number of rotatable bonds is 5. The molecule has 0 amide bonds. The fourth-order valence-electron chi connectivity index (χ4n) is 2.95. The van der Waals surface area contributed by atoms with Crippen molar-refractivity contribution in [2.24, 2.45) is 0 Å². The predicted molar refractivity (Wildman–Crippen MR) is 95.5 cm³/mol. The van der Waals surface area contributed by atoms with Crippen molar-refractivity contribution in [3.05, 3.63) is 46.3 Å². The van der Waals surface area contributed by atoms with Crippen LogP contribution in [0.15, 0.2) is 33.7 Å². The minimum atomic E-state index is -3.99. The Labute approximate surface area is 161 Å². The molecule has 1 aliphatic rings. The highest BCUT2D eigenvalue weighted by atomic mass is 35.5. The number of nitrogens with zero attached hydrogens (tertiary/aromatic N) is 2. The average Bonchev–Trinajstić information content (AvgIpc) is 3.16. The number of aryl methyl sites for hydroxylation is 2. The molecule has 0 aliphatic carbocycles. The SMILES string of the molecule is Cc1noc(C)c1COC(=O)[C@H]1C[C@H](O)CN1S(=O)(=O)c1ccc(Cl)cc1. The smallest absolute Gasteiger partial charge is 0.324 e. The van der Waals surface area contributed by atoms with Crippen LogP contribution in [0.2, 0.25) is 5.02 Å². The van der Waals surface area contributed by atoms with Gasteiger partial charge in [-0.1, -0.05) is 16.8 Å². The van der Waals surface area contributed by atoms with E-state index in [4.69, 9.17) is 20.9 Å². The minimum Gasteiger partial charge on any atom is -0.459 e. The normalized spacial score (nSPS) is 20.7. The molecule has 1 fully saturated rings. The van der Waals surface area contributed by atoms with Gasteiger partial charge in [0.2, 0.25) is 10.0 Å². The Balaban J connectivity index is 1.79. The fourth-order valence-corrected chi connectivity index (χ4v) is 4.71. The summed E-state index contributed by atoms with van der Waals surface area (Å²) in [6.45, 7) is 3.15. The predicted octanol–water partition coefficient (Wildman–Crippen LogP) is 1.81. The number of hydrogen-bond acceptors (Lipinski definition) is 7. The molecule has 0 saturated carbocycles. The van der Waals surface area contributed by atoms with Crippen molar-refractivity contribution >= 4 is 27.6 Å². The van der Waals surface area contributed by atoms with E-state index < -0.39 is 28.1 Å². The third-order valence-electron chi connectivity index (χ3n) is 4.47. The van der Waals surface area contributed by atoms with Gasteiger partial charge in [-0.15, -0.1) is 0 Å². The van der Waals surface area contributed by atoms with Crippen molar-refractivity contribution < 1.29 is 27.6 Å². The standard InChI is InChI=1S/C17H19ClN2O6S/c1-10-15(11(2)26-19-10)9-25-17(22)16-7-13(21)8-20(16)27(23,24)14-5-3-12(18)4-6-14/h3-6,13,16,21H,7-9H2,1-2H3/t13-,16+/m0/s1. The van der Waals surface area contributed by atoms with Crippen molar-refractivity contribution in [1.29, 1.82) is 0 Å². The van der Waals surface area contributed by atoms with E-state index in [9.17, 15) is 18.3 Å². The van der Waals surface area contributed by atoms with Crippen LogP contribution in [-0.2, 0) is 26.2 Å². The summed E-state index contributed by atoms with van der Waals surface area (Å²) in [4.78, 5) is 12.5. The van der Waals surface area contributed by atoms with Gasteiger partial charge in [-0.25, -0.2) is 8.42 Å². The van der Waals surface area contributed by atoms with E-state index in [1.54, 1.807) is 13.8 Å². The summed E-state index contributed by atoms with van der Waals surface area (Å²) in [5.74, 6) is -0.207. The Bertz CT molecular complexity index is 921. The first kappa shape index (κ1) is 19.8. The van der Waals surface area contributed by atoms with Crippen LogP contribution in [0.3, 0.4) is 0 Å². The summed E-state index contributed by atoms with van der Waals surface area (Å²) in [5, 5.41) is 14.1. The monoisotopic (exact) mass is 414 g/mol. The van der Waals surface area contributed by atoms with Crippen molar-refractivity contribution in [1.82, 2.24) is 9.46 Å². The molecular weight excluding hydrogens is 396 g/mol. The molecule has 27 heavy (non-hydrogen) atoms. The second kappa shape index (κ2) is 7.59. The fraction of sp³-hybridized carbons (Fsp3) is 0.412. The van der Waals surface area contributed by atoms with Gasteiger partial charge < -0.3 is 14.4 Å². The number of β-amino-alcohol motifs (C(OH)–C–C–N with tert-alkyl or cyclic N) is 1. The summed E-state index contributed by atoms with van der Waals surface area (Å²) < 4.78 is 37.0. The lowest BCUT2D eigenvalue weighted by molar-refractivity contribution is -0.148. The van der Waals surface area contributed by atoms with E-state index in [0.29, 0.717) is 22.0 Å². The zero-order valence-corrected chi connectivity index (χ0v) is 16.3. The summed E-state index contributed by atoms with van der Waals surface area (Å²) in [6, 6.07) is 4.50. The molecule has 1 aromatic carbocycles. The van der Waals surface area contributed by atoms with Crippen molar-refractivity contribution in [3.8, 4) is 0 Å². The van der Waals surface area contributed by atoms with Gasteiger partial charge >= 0.3 is 5.97 Å². The number of esters is 1. The number of halogens is 1. The average molecular weight is 415 g/mol. The maximum absolute atomic E-state index is 12.9. The number of aliphatic hydroxyl groups is 1. The highest BCUT2D eigenvalue weighted by Crippen LogP contribution is 2.28. The van der Waals surface area contributed by atoms with Gasteiger partial charge in [0, 0.05) is 18.0 Å². The van der Waals surface area contributed by atoms with Crippen molar-refractivity contribution in [2.45, 2.75) is 43.9 Å². The molecule has 1 saturated heterocycles. The molecule has 1 aliphatic heterocycles. The number of carbonyl (C=O) groups is 1. The molecule has 1 aromatic heterocycles. The quantitative estimate of drug-likeness (QED) is 0.743. The largest absolute Gasteiger partial charge is 0.459 e. The van der Waals surface area contributed by atoms with Crippen molar-refractivity contribution in [2.75, 3.05) is 6.54 Å². The molecule has 146 valence electrons. The van der Waals surface area contributed by atoms with Gasteiger partial charge in [0.1, 0.15) is 18.4 Å². The highest BCUT2D eigenvalue weighted by molar-refractivity contribution is 7.89. The molecule has 0 unspecified atom stereocenters. The van der Waals surface area contributed by atoms with Crippen LogP contribution in [0.1, 0.15) is 23.4 Å². The molecule has 2 heterocycles. The lowest BCUT2D eigenvalue weighted by Gasteiger charge is -2.22. The second-order valence-corrected chi connectivity index (χ2v) is 8.67. The van der Waals surface area contributed by atoms with E-state index in [2.05, 4.69) is 5.16 Å². The molecule has 3 rings (SSSR count). The van der Waals surface area contributed by atoms with E-state index >= 15 is 0 Å². The number of carbonyl (C=O) groups excluding carboxylic acids is 1. The van der Waals surface area contributed by atoms with Gasteiger partial charge in [-0.3, -0.25) is 4.79 Å². The van der Waals surface area contributed by atoms with Crippen LogP contribution in [0, 0.1) is 13.8 Å². The first-order valence-corrected chi connectivity index (χ1v) is 10.1. The van der Waals surface area contributed by atoms with Gasteiger partial charge in [0.15, 0.2) is 0 Å². The molecule has 2 atom stereocenters. The number of sulfonamides is 1. The maximum Gasteiger partial charge on any atom is 0.324 e. The third-order valence-corrected chi connectivity index (χ3v) is 6.61. The first-order valence-electron chi connectivity index (χ1n) is 8.24. The van der Waals surface area contributed by atoms with E-state index in [-0.39, 0.29) is 24.5 Å². The lowest BCUT2D eigenvalue weighted by atomic mass is 10.2. The summed E-state index contributed by atoms with van der Waals surface area (Å²) in [5.41, 5.74) is 1.23. The molecule has 0 spiro atoms. The van der Waals surface area contributed by atoms with E-state index in [1.165, 1.54) is 24.3 Å². The summed E-state index contributed by atoms with van der Waals surface area (Å²) >= 11 is 5.80. The third kappa shape index (κ3) is 4.01. The van der Waals surface area contributed by atoms with Crippen molar-refractivity contribution in [3.63, 3.8) is 0 Å². The Morgan fingerprint density at radius 2 is 2.04 bits per heavy atom. The topological polar surface area (TPSA) is 110 Å². The van der Waals surface area contributed by atoms with E-state index in [1.807, 2.05) is 0 Å². The highest BCUT2D eigenvalue weighted by Gasteiger charge is 2.44. The van der Waals surface area contributed by atoms with Gasteiger partial charge in [0.25, 0.3) is 0 Å². The second-order valence-electron chi connectivity index (χ2n) is 6.34. The number of aromatic nitrogens is 1. The van der Waals surface area contributed by atoms with Gasteiger partial charge in [-0.05, 0) is 38.1 Å². The van der Waals surface area contributed by atoms with Crippen LogP contribution in [0.5, 0.6) is 0 Å². The first-order chi connectivity index (χ1) is 12.7. The molecule has 0 bridgehead atoms. The zero-order valence-electron chi connectivity index (χ0n) is 14.8. The number of aliphatic hydroxyl groups excluding tert-OH is 1. The number of ether oxygens (including phenoxy) is 1. The molecule has 1 N–H and O–H groups in total. The van der Waals surface area contributed by atoms with Crippen LogP contribution < -0.4 is 0 Å². The van der Waals surface area contributed by atoms with E-state index in [0.717, 1.165) is 4.31 Å². The Morgan fingerprint density at radius 3 is 2.63 bits per heavy atom.